The minimum atomic E-state index is -0.305. The summed E-state index contributed by atoms with van der Waals surface area (Å²) in [4.78, 5) is 26.3. The summed E-state index contributed by atoms with van der Waals surface area (Å²) in [7, 11) is 0. The second kappa shape index (κ2) is 10.4. The second-order valence-corrected chi connectivity index (χ2v) is 7.77. The molecule has 1 aromatic heterocycles. The molecular formula is C24H24N2O2S. The van der Waals surface area contributed by atoms with Gasteiger partial charge in [-0.1, -0.05) is 54.6 Å². The summed E-state index contributed by atoms with van der Waals surface area (Å²) in [6, 6.07) is 22.9. The van der Waals surface area contributed by atoms with Crippen LogP contribution in [0.3, 0.4) is 0 Å². The minimum absolute atomic E-state index is 0.0249. The van der Waals surface area contributed by atoms with Gasteiger partial charge in [-0.2, -0.15) is 0 Å². The van der Waals surface area contributed by atoms with E-state index in [1.54, 1.807) is 30.3 Å². The summed E-state index contributed by atoms with van der Waals surface area (Å²) < 4.78 is 0. The second-order valence-electron chi connectivity index (χ2n) is 6.79. The largest absolute Gasteiger partial charge is 0.348 e. The van der Waals surface area contributed by atoms with Crippen molar-refractivity contribution in [3.8, 4) is 0 Å². The molecule has 0 aliphatic heterocycles. The lowest BCUT2D eigenvalue weighted by atomic mass is 10.1. The highest BCUT2D eigenvalue weighted by atomic mass is 32.1. The van der Waals surface area contributed by atoms with Gasteiger partial charge in [0.1, 0.15) is 5.70 Å². The lowest BCUT2D eigenvalue weighted by Crippen LogP contribution is -2.39. The van der Waals surface area contributed by atoms with Crippen molar-refractivity contribution in [1.82, 2.24) is 10.6 Å². The van der Waals surface area contributed by atoms with Gasteiger partial charge in [0, 0.05) is 16.5 Å². The Labute approximate surface area is 175 Å². The predicted molar refractivity (Wildman–Crippen MR) is 119 cm³/mol. The van der Waals surface area contributed by atoms with Crippen molar-refractivity contribution in [2.24, 2.45) is 0 Å². The van der Waals surface area contributed by atoms with Crippen LogP contribution in [0.15, 0.2) is 83.9 Å². The van der Waals surface area contributed by atoms with Crippen LogP contribution in [0, 0.1) is 0 Å². The van der Waals surface area contributed by atoms with E-state index in [0.717, 1.165) is 17.7 Å². The SMILES string of the molecule is C[C@@H](CCc1ccccc1)NC(=O)/C(=C/c1cccs1)NC(=O)c1ccccc1. The van der Waals surface area contributed by atoms with Gasteiger partial charge < -0.3 is 10.6 Å². The number of carbonyl (C=O) groups is 2. The number of benzene rings is 2. The fraction of sp³-hybridized carbons (Fsp3) is 0.167. The van der Waals surface area contributed by atoms with E-state index in [0.29, 0.717) is 5.56 Å². The maximum absolute atomic E-state index is 12.9. The molecule has 2 N–H and O–H groups in total. The van der Waals surface area contributed by atoms with Crippen molar-refractivity contribution >= 4 is 29.2 Å². The molecule has 148 valence electrons. The first-order valence-corrected chi connectivity index (χ1v) is 10.5. The Hall–Kier alpha value is -3.18. The lowest BCUT2D eigenvalue weighted by molar-refractivity contribution is -0.118. The van der Waals surface area contributed by atoms with E-state index in [4.69, 9.17) is 0 Å². The maximum Gasteiger partial charge on any atom is 0.268 e. The minimum Gasteiger partial charge on any atom is -0.348 e. The summed E-state index contributed by atoms with van der Waals surface area (Å²) in [5, 5.41) is 7.70. The van der Waals surface area contributed by atoms with Crippen LogP contribution in [0.25, 0.3) is 6.08 Å². The first-order chi connectivity index (χ1) is 14.1. The molecule has 29 heavy (non-hydrogen) atoms. The van der Waals surface area contributed by atoms with Crippen molar-refractivity contribution in [2.45, 2.75) is 25.8 Å². The van der Waals surface area contributed by atoms with E-state index < -0.39 is 0 Å². The Morgan fingerprint density at radius 2 is 1.66 bits per heavy atom. The Morgan fingerprint density at radius 3 is 2.31 bits per heavy atom. The number of rotatable bonds is 8. The summed E-state index contributed by atoms with van der Waals surface area (Å²) in [6.45, 7) is 1.97. The van der Waals surface area contributed by atoms with Crippen molar-refractivity contribution in [1.29, 1.82) is 0 Å². The van der Waals surface area contributed by atoms with Gasteiger partial charge in [-0.25, -0.2) is 0 Å². The third-order valence-corrected chi connectivity index (χ3v) is 5.26. The fourth-order valence-electron chi connectivity index (χ4n) is 2.86. The van der Waals surface area contributed by atoms with Crippen LogP contribution in [-0.2, 0) is 11.2 Å². The zero-order valence-electron chi connectivity index (χ0n) is 16.3. The normalized spacial score (nSPS) is 12.2. The topological polar surface area (TPSA) is 58.2 Å². The van der Waals surface area contributed by atoms with Crippen LogP contribution in [0.2, 0.25) is 0 Å². The first kappa shape index (κ1) is 20.6. The van der Waals surface area contributed by atoms with Crippen LogP contribution in [0.5, 0.6) is 0 Å². The maximum atomic E-state index is 12.9. The van der Waals surface area contributed by atoms with Gasteiger partial charge in [0.2, 0.25) is 0 Å². The molecule has 0 saturated heterocycles. The molecule has 1 heterocycles. The molecule has 2 amide bonds. The van der Waals surface area contributed by atoms with Crippen molar-refractivity contribution < 1.29 is 9.59 Å². The van der Waals surface area contributed by atoms with E-state index in [1.165, 1.54) is 16.9 Å². The molecule has 5 heteroatoms. The molecular weight excluding hydrogens is 380 g/mol. The van der Waals surface area contributed by atoms with Gasteiger partial charge in [0.25, 0.3) is 11.8 Å². The Morgan fingerprint density at radius 1 is 0.966 bits per heavy atom. The number of carbonyl (C=O) groups excluding carboxylic acids is 2. The fourth-order valence-corrected chi connectivity index (χ4v) is 3.52. The zero-order valence-corrected chi connectivity index (χ0v) is 17.1. The third kappa shape index (κ3) is 6.43. The molecule has 0 aliphatic rings. The highest BCUT2D eigenvalue weighted by Crippen LogP contribution is 2.14. The van der Waals surface area contributed by atoms with E-state index in [9.17, 15) is 9.59 Å². The van der Waals surface area contributed by atoms with Crippen molar-refractivity contribution in [2.75, 3.05) is 0 Å². The quantitative estimate of drug-likeness (QED) is 0.537. The van der Waals surface area contributed by atoms with Crippen LogP contribution in [0.4, 0.5) is 0 Å². The number of aryl methyl sites for hydroxylation is 1. The molecule has 3 aromatic rings. The van der Waals surface area contributed by atoms with Gasteiger partial charge in [0.05, 0.1) is 0 Å². The molecule has 3 rings (SSSR count). The highest BCUT2D eigenvalue weighted by Gasteiger charge is 2.16. The van der Waals surface area contributed by atoms with Crippen molar-refractivity contribution in [3.05, 3.63) is 99.9 Å². The summed E-state index contributed by atoms with van der Waals surface area (Å²) in [6.07, 6.45) is 3.40. The smallest absolute Gasteiger partial charge is 0.268 e. The van der Waals surface area contributed by atoms with E-state index in [2.05, 4.69) is 22.8 Å². The highest BCUT2D eigenvalue weighted by molar-refractivity contribution is 7.10. The monoisotopic (exact) mass is 404 g/mol. The first-order valence-electron chi connectivity index (χ1n) is 9.58. The average molecular weight is 405 g/mol. The van der Waals surface area contributed by atoms with Crippen LogP contribution in [0.1, 0.15) is 34.1 Å². The van der Waals surface area contributed by atoms with Crippen molar-refractivity contribution in [3.63, 3.8) is 0 Å². The molecule has 4 nitrogen and oxygen atoms in total. The average Bonchev–Trinajstić information content (AvgIpc) is 3.26. The van der Waals surface area contributed by atoms with Gasteiger partial charge in [0.15, 0.2) is 0 Å². The van der Waals surface area contributed by atoms with Gasteiger partial charge >= 0.3 is 0 Å². The number of thiophene rings is 1. The molecule has 2 aromatic carbocycles. The summed E-state index contributed by atoms with van der Waals surface area (Å²) in [5.74, 6) is -0.594. The lowest BCUT2D eigenvalue weighted by Gasteiger charge is -2.16. The number of amides is 2. The molecule has 0 saturated carbocycles. The molecule has 0 radical (unpaired) electrons. The van der Waals surface area contributed by atoms with Crippen LogP contribution in [-0.4, -0.2) is 17.9 Å². The number of hydrogen-bond acceptors (Lipinski definition) is 3. The van der Waals surface area contributed by atoms with E-state index >= 15 is 0 Å². The van der Waals surface area contributed by atoms with Gasteiger partial charge in [-0.05, 0) is 55.0 Å². The Balaban J connectivity index is 1.66. The third-order valence-electron chi connectivity index (χ3n) is 4.44. The molecule has 0 bridgehead atoms. The summed E-state index contributed by atoms with van der Waals surface area (Å²) >= 11 is 1.51. The number of hydrogen-bond donors (Lipinski definition) is 2. The number of nitrogens with one attached hydrogen (secondary N) is 2. The molecule has 0 aliphatic carbocycles. The van der Waals surface area contributed by atoms with Crippen LogP contribution < -0.4 is 10.6 Å². The van der Waals surface area contributed by atoms with E-state index in [1.807, 2.05) is 48.7 Å². The standard InChI is InChI=1S/C24H24N2O2S/c1-18(14-15-19-9-4-2-5-10-19)25-24(28)22(17-21-13-8-16-29-21)26-23(27)20-11-6-3-7-12-20/h2-13,16-18H,14-15H2,1H3,(H,25,28)(H,26,27)/b22-17-/t18-/m0/s1. The van der Waals surface area contributed by atoms with Gasteiger partial charge in [-0.3, -0.25) is 9.59 Å². The Bertz CT molecular complexity index is 951. The predicted octanol–water partition coefficient (Wildman–Crippen LogP) is 4.66. The zero-order chi connectivity index (χ0) is 20.5. The Kier molecular flexibility index (Phi) is 7.36. The molecule has 0 unspecified atom stereocenters. The molecule has 1 atom stereocenters. The molecule has 0 fully saturated rings. The van der Waals surface area contributed by atoms with Gasteiger partial charge in [-0.15, -0.1) is 11.3 Å². The summed E-state index contributed by atoms with van der Waals surface area (Å²) in [5.41, 5.74) is 1.99. The van der Waals surface area contributed by atoms with E-state index in [-0.39, 0.29) is 23.6 Å². The molecule has 0 spiro atoms. The van der Waals surface area contributed by atoms with Crippen LogP contribution >= 0.6 is 11.3 Å².